The van der Waals surface area contributed by atoms with Gasteiger partial charge in [0.15, 0.2) is 0 Å². The van der Waals surface area contributed by atoms with E-state index < -0.39 is 6.04 Å². The standard InChI is InChI=1S/C24H22N4O2/c29-24(25-17-16-18-10-4-1-5-11-18)26-21(19-12-6-2-7-13-19)23-28-27-22(30-23)20-14-8-3-9-15-20/h1-15,21H,16-17H2,(H2,25,26,29). The Hall–Kier alpha value is -3.93. The maximum absolute atomic E-state index is 12.6. The lowest BCUT2D eigenvalue weighted by atomic mass is 10.1. The van der Waals surface area contributed by atoms with Crippen molar-refractivity contribution in [3.8, 4) is 11.5 Å². The van der Waals surface area contributed by atoms with Crippen molar-refractivity contribution in [3.63, 3.8) is 0 Å². The molecule has 1 atom stereocenters. The second kappa shape index (κ2) is 9.52. The topological polar surface area (TPSA) is 80.0 Å². The lowest BCUT2D eigenvalue weighted by Gasteiger charge is -2.16. The van der Waals surface area contributed by atoms with Gasteiger partial charge in [-0.3, -0.25) is 0 Å². The largest absolute Gasteiger partial charge is 0.418 e. The predicted molar refractivity (Wildman–Crippen MR) is 115 cm³/mol. The van der Waals surface area contributed by atoms with Crippen molar-refractivity contribution in [1.29, 1.82) is 0 Å². The van der Waals surface area contributed by atoms with Crippen LogP contribution in [-0.4, -0.2) is 22.8 Å². The Morgan fingerprint density at radius 3 is 2.17 bits per heavy atom. The van der Waals surface area contributed by atoms with Gasteiger partial charge in [0.25, 0.3) is 0 Å². The molecule has 0 fully saturated rings. The fourth-order valence-corrected chi connectivity index (χ4v) is 3.13. The quantitative estimate of drug-likeness (QED) is 0.484. The average molecular weight is 398 g/mol. The van der Waals surface area contributed by atoms with Crippen molar-refractivity contribution >= 4 is 6.03 Å². The molecule has 0 spiro atoms. The Balaban J connectivity index is 1.47. The van der Waals surface area contributed by atoms with Crippen molar-refractivity contribution in [2.24, 2.45) is 0 Å². The van der Waals surface area contributed by atoms with E-state index in [-0.39, 0.29) is 6.03 Å². The Labute approximate surface area is 175 Å². The van der Waals surface area contributed by atoms with Gasteiger partial charge in [0, 0.05) is 12.1 Å². The van der Waals surface area contributed by atoms with Gasteiger partial charge in [0.2, 0.25) is 11.8 Å². The third-order valence-electron chi connectivity index (χ3n) is 4.66. The van der Waals surface area contributed by atoms with Crippen molar-refractivity contribution in [1.82, 2.24) is 20.8 Å². The number of urea groups is 1. The molecule has 6 nitrogen and oxygen atoms in total. The van der Waals surface area contributed by atoms with Gasteiger partial charge in [0.05, 0.1) is 0 Å². The summed E-state index contributed by atoms with van der Waals surface area (Å²) in [5.74, 6) is 0.746. The maximum Gasteiger partial charge on any atom is 0.315 e. The van der Waals surface area contributed by atoms with Gasteiger partial charge in [-0.05, 0) is 29.7 Å². The van der Waals surface area contributed by atoms with Crippen molar-refractivity contribution in [2.45, 2.75) is 12.5 Å². The summed E-state index contributed by atoms with van der Waals surface area (Å²) in [6.45, 7) is 0.524. The molecule has 1 heterocycles. The lowest BCUT2D eigenvalue weighted by molar-refractivity contribution is 0.237. The summed E-state index contributed by atoms with van der Waals surface area (Å²) < 4.78 is 5.90. The number of aromatic nitrogens is 2. The zero-order valence-electron chi connectivity index (χ0n) is 16.4. The number of amides is 2. The van der Waals surface area contributed by atoms with Crippen LogP contribution in [0.25, 0.3) is 11.5 Å². The first kappa shape index (κ1) is 19.4. The van der Waals surface area contributed by atoms with Crippen LogP contribution in [0.4, 0.5) is 4.79 Å². The molecule has 3 aromatic carbocycles. The molecule has 4 aromatic rings. The van der Waals surface area contributed by atoms with E-state index in [4.69, 9.17) is 4.42 Å². The summed E-state index contributed by atoms with van der Waals surface area (Å²) in [4.78, 5) is 12.6. The number of carbonyl (C=O) groups excluding carboxylic acids is 1. The smallest absolute Gasteiger partial charge is 0.315 e. The molecule has 0 aliphatic heterocycles. The molecule has 0 bridgehead atoms. The van der Waals surface area contributed by atoms with Gasteiger partial charge < -0.3 is 15.1 Å². The molecule has 4 rings (SSSR count). The molecule has 1 unspecified atom stereocenters. The third kappa shape index (κ3) is 4.91. The number of nitrogens with one attached hydrogen (secondary N) is 2. The summed E-state index contributed by atoms with van der Waals surface area (Å²) in [6.07, 6.45) is 0.753. The normalized spacial score (nSPS) is 11.6. The average Bonchev–Trinajstić information content (AvgIpc) is 3.29. The number of hydrogen-bond acceptors (Lipinski definition) is 4. The van der Waals surface area contributed by atoms with Crippen molar-refractivity contribution < 1.29 is 9.21 Å². The van der Waals surface area contributed by atoms with E-state index in [0.717, 1.165) is 17.5 Å². The molecule has 0 radical (unpaired) electrons. The van der Waals surface area contributed by atoms with Gasteiger partial charge in [-0.25, -0.2) is 4.79 Å². The van der Waals surface area contributed by atoms with Gasteiger partial charge >= 0.3 is 6.03 Å². The number of hydrogen-bond donors (Lipinski definition) is 2. The third-order valence-corrected chi connectivity index (χ3v) is 4.66. The molecule has 1 aromatic heterocycles. The molecule has 0 aliphatic carbocycles. The van der Waals surface area contributed by atoms with Crippen LogP contribution in [0.15, 0.2) is 95.4 Å². The zero-order chi connectivity index (χ0) is 20.6. The van der Waals surface area contributed by atoms with Crippen LogP contribution in [0.3, 0.4) is 0 Å². The van der Waals surface area contributed by atoms with Crippen LogP contribution in [0.2, 0.25) is 0 Å². The summed E-state index contributed by atoms with van der Waals surface area (Å²) in [5.41, 5.74) is 2.86. The summed E-state index contributed by atoms with van der Waals surface area (Å²) in [6, 6.07) is 28.3. The van der Waals surface area contributed by atoms with Crippen LogP contribution < -0.4 is 10.6 Å². The Kier molecular flexibility index (Phi) is 6.15. The molecule has 150 valence electrons. The first-order valence-electron chi connectivity index (χ1n) is 9.81. The highest BCUT2D eigenvalue weighted by atomic mass is 16.4. The molecule has 30 heavy (non-hydrogen) atoms. The highest BCUT2D eigenvalue weighted by molar-refractivity contribution is 5.74. The first-order valence-corrected chi connectivity index (χ1v) is 9.81. The van der Waals surface area contributed by atoms with Crippen LogP contribution in [0.5, 0.6) is 0 Å². The first-order chi connectivity index (χ1) is 14.8. The predicted octanol–water partition coefficient (Wildman–Crippen LogP) is 4.37. The molecule has 2 amide bonds. The highest BCUT2D eigenvalue weighted by Gasteiger charge is 2.23. The minimum absolute atomic E-state index is 0.292. The molecule has 0 saturated heterocycles. The fraction of sp³-hybridized carbons (Fsp3) is 0.125. The molecule has 0 saturated carbocycles. The highest BCUT2D eigenvalue weighted by Crippen LogP contribution is 2.24. The van der Waals surface area contributed by atoms with Gasteiger partial charge in [-0.1, -0.05) is 78.9 Å². The summed E-state index contributed by atoms with van der Waals surface area (Å²) >= 11 is 0. The van der Waals surface area contributed by atoms with Gasteiger partial charge in [-0.2, -0.15) is 0 Å². The number of benzene rings is 3. The molecule has 0 aliphatic rings. The number of nitrogens with zero attached hydrogens (tertiary/aromatic N) is 2. The Bertz CT molecular complexity index is 1070. The van der Waals surface area contributed by atoms with E-state index in [0.29, 0.717) is 18.3 Å². The van der Waals surface area contributed by atoms with Crippen molar-refractivity contribution in [3.05, 3.63) is 108 Å². The van der Waals surface area contributed by atoms with Crippen LogP contribution in [0, 0.1) is 0 Å². The van der Waals surface area contributed by atoms with E-state index in [2.05, 4.69) is 20.8 Å². The second-order valence-electron chi connectivity index (χ2n) is 6.79. The molecular weight excluding hydrogens is 376 g/mol. The van der Waals surface area contributed by atoms with Crippen LogP contribution >= 0.6 is 0 Å². The number of carbonyl (C=O) groups is 1. The van der Waals surface area contributed by atoms with Crippen molar-refractivity contribution in [2.75, 3.05) is 6.54 Å². The Morgan fingerprint density at radius 1 is 0.833 bits per heavy atom. The van der Waals surface area contributed by atoms with E-state index in [9.17, 15) is 4.79 Å². The SMILES string of the molecule is O=C(NCCc1ccccc1)NC(c1ccccc1)c1nnc(-c2ccccc2)o1. The van der Waals surface area contributed by atoms with Crippen LogP contribution in [0.1, 0.15) is 23.1 Å². The van der Waals surface area contributed by atoms with Gasteiger partial charge in [-0.15, -0.1) is 10.2 Å². The van der Waals surface area contributed by atoms with Gasteiger partial charge in [0.1, 0.15) is 6.04 Å². The minimum Gasteiger partial charge on any atom is -0.418 e. The monoisotopic (exact) mass is 398 g/mol. The number of rotatable bonds is 7. The fourth-order valence-electron chi connectivity index (χ4n) is 3.13. The van der Waals surface area contributed by atoms with Crippen LogP contribution in [-0.2, 0) is 6.42 Å². The maximum atomic E-state index is 12.6. The van der Waals surface area contributed by atoms with E-state index in [1.165, 1.54) is 5.56 Å². The van der Waals surface area contributed by atoms with E-state index >= 15 is 0 Å². The zero-order valence-corrected chi connectivity index (χ0v) is 16.4. The summed E-state index contributed by atoms with van der Waals surface area (Å²) in [7, 11) is 0. The lowest BCUT2D eigenvalue weighted by Crippen LogP contribution is -2.39. The molecule has 6 heteroatoms. The van der Waals surface area contributed by atoms with E-state index in [1.54, 1.807) is 0 Å². The summed E-state index contributed by atoms with van der Waals surface area (Å²) in [5, 5.41) is 14.2. The van der Waals surface area contributed by atoms with E-state index in [1.807, 2.05) is 91.0 Å². The minimum atomic E-state index is -0.548. The molecule has 2 N–H and O–H groups in total. The second-order valence-corrected chi connectivity index (χ2v) is 6.79. The molecular formula is C24H22N4O2. The Morgan fingerprint density at radius 2 is 1.47 bits per heavy atom.